The summed E-state index contributed by atoms with van der Waals surface area (Å²) in [5.41, 5.74) is 3.26. The summed E-state index contributed by atoms with van der Waals surface area (Å²) >= 11 is 0. The SMILES string of the molecule is C/C(=C\COCc1ccccc1)[C@@H]1OC[C@H](C)[C@H](O)[C@H]1OCc1ccccc1. The molecule has 0 amide bonds. The highest BCUT2D eigenvalue weighted by Gasteiger charge is 2.39. The predicted molar refractivity (Wildman–Crippen MR) is 110 cm³/mol. The molecular weight excluding hydrogens is 352 g/mol. The first-order valence-corrected chi connectivity index (χ1v) is 9.88. The van der Waals surface area contributed by atoms with Crippen LogP contribution < -0.4 is 0 Å². The van der Waals surface area contributed by atoms with Crippen molar-refractivity contribution >= 4 is 0 Å². The molecule has 1 saturated heterocycles. The van der Waals surface area contributed by atoms with Crippen LogP contribution in [0.4, 0.5) is 0 Å². The van der Waals surface area contributed by atoms with Crippen molar-refractivity contribution < 1.29 is 19.3 Å². The Labute approximate surface area is 167 Å². The lowest BCUT2D eigenvalue weighted by Crippen LogP contribution is -2.51. The van der Waals surface area contributed by atoms with E-state index in [4.69, 9.17) is 14.2 Å². The number of hydrogen-bond acceptors (Lipinski definition) is 4. The third kappa shape index (κ3) is 5.76. The highest BCUT2D eigenvalue weighted by Crippen LogP contribution is 2.27. The van der Waals surface area contributed by atoms with E-state index in [9.17, 15) is 5.11 Å². The van der Waals surface area contributed by atoms with Crippen LogP contribution >= 0.6 is 0 Å². The molecule has 4 heteroatoms. The average molecular weight is 383 g/mol. The Morgan fingerprint density at radius 1 is 1.04 bits per heavy atom. The van der Waals surface area contributed by atoms with E-state index < -0.39 is 12.2 Å². The minimum absolute atomic E-state index is 0.0409. The molecule has 1 aliphatic rings. The molecule has 1 fully saturated rings. The monoisotopic (exact) mass is 382 g/mol. The van der Waals surface area contributed by atoms with Crippen molar-refractivity contribution in [2.45, 2.75) is 45.4 Å². The molecular formula is C24H30O4. The van der Waals surface area contributed by atoms with Crippen LogP contribution in [0.3, 0.4) is 0 Å². The second-order valence-electron chi connectivity index (χ2n) is 7.43. The van der Waals surface area contributed by atoms with E-state index in [-0.39, 0.29) is 12.0 Å². The largest absolute Gasteiger partial charge is 0.390 e. The van der Waals surface area contributed by atoms with E-state index >= 15 is 0 Å². The second-order valence-corrected chi connectivity index (χ2v) is 7.43. The zero-order valence-corrected chi connectivity index (χ0v) is 16.7. The number of aliphatic hydroxyl groups excluding tert-OH is 1. The fourth-order valence-electron chi connectivity index (χ4n) is 3.35. The summed E-state index contributed by atoms with van der Waals surface area (Å²) in [5, 5.41) is 10.7. The van der Waals surface area contributed by atoms with Crippen molar-refractivity contribution in [2.75, 3.05) is 13.2 Å². The summed E-state index contributed by atoms with van der Waals surface area (Å²) in [6.07, 6.45) is 0.801. The van der Waals surface area contributed by atoms with Gasteiger partial charge in [0.15, 0.2) is 0 Å². The van der Waals surface area contributed by atoms with E-state index in [1.807, 2.05) is 80.6 Å². The van der Waals surface area contributed by atoms with Crippen LogP contribution in [-0.4, -0.2) is 36.6 Å². The van der Waals surface area contributed by atoms with Crippen molar-refractivity contribution in [3.8, 4) is 0 Å². The number of benzene rings is 2. The fourth-order valence-corrected chi connectivity index (χ4v) is 3.35. The Bertz CT molecular complexity index is 729. The van der Waals surface area contributed by atoms with Gasteiger partial charge in [-0.1, -0.05) is 73.7 Å². The summed E-state index contributed by atoms with van der Waals surface area (Å²) in [6, 6.07) is 20.1. The molecule has 1 N–H and O–H groups in total. The molecule has 0 radical (unpaired) electrons. The van der Waals surface area contributed by atoms with Crippen molar-refractivity contribution in [3.63, 3.8) is 0 Å². The van der Waals surface area contributed by atoms with Gasteiger partial charge in [0.2, 0.25) is 0 Å². The molecule has 0 bridgehead atoms. The molecule has 4 nitrogen and oxygen atoms in total. The topological polar surface area (TPSA) is 47.9 Å². The second kappa shape index (κ2) is 10.5. The lowest BCUT2D eigenvalue weighted by atomic mass is 9.90. The van der Waals surface area contributed by atoms with Gasteiger partial charge < -0.3 is 19.3 Å². The van der Waals surface area contributed by atoms with Gasteiger partial charge in [-0.2, -0.15) is 0 Å². The molecule has 3 rings (SSSR count). The van der Waals surface area contributed by atoms with Gasteiger partial charge in [-0.25, -0.2) is 0 Å². The van der Waals surface area contributed by atoms with Gasteiger partial charge >= 0.3 is 0 Å². The van der Waals surface area contributed by atoms with Crippen molar-refractivity contribution in [2.24, 2.45) is 5.92 Å². The van der Waals surface area contributed by atoms with Gasteiger partial charge in [0, 0.05) is 5.92 Å². The van der Waals surface area contributed by atoms with E-state index in [2.05, 4.69) is 0 Å². The Balaban J connectivity index is 1.58. The third-order valence-electron chi connectivity index (χ3n) is 5.13. The smallest absolute Gasteiger partial charge is 0.114 e. The minimum atomic E-state index is -0.559. The minimum Gasteiger partial charge on any atom is -0.390 e. The number of hydrogen-bond donors (Lipinski definition) is 1. The van der Waals surface area contributed by atoms with Crippen molar-refractivity contribution in [3.05, 3.63) is 83.4 Å². The molecule has 0 spiro atoms. The van der Waals surface area contributed by atoms with Crippen LogP contribution in [-0.2, 0) is 27.4 Å². The van der Waals surface area contributed by atoms with Crippen LogP contribution in [0, 0.1) is 5.92 Å². The van der Waals surface area contributed by atoms with E-state index in [0.717, 1.165) is 16.7 Å². The normalized spacial score (nSPS) is 25.6. The fraction of sp³-hybridized carbons (Fsp3) is 0.417. The molecule has 28 heavy (non-hydrogen) atoms. The number of aliphatic hydroxyl groups is 1. The van der Waals surface area contributed by atoms with Gasteiger partial charge in [0.1, 0.15) is 12.2 Å². The molecule has 0 unspecified atom stereocenters. The van der Waals surface area contributed by atoms with Crippen molar-refractivity contribution in [1.82, 2.24) is 0 Å². The maximum atomic E-state index is 10.7. The highest BCUT2D eigenvalue weighted by molar-refractivity contribution is 5.15. The summed E-state index contributed by atoms with van der Waals surface area (Å²) in [6.45, 7) is 6.04. The van der Waals surface area contributed by atoms with Crippen LogP contribution in [0.15, 0.2) is 72.3 Å². The summed E-state index contributed by atoms with van der Waals surface area (Å²) < 4.78 is 17.9. The van der Waals surface area contributed by atoms with E-state index in [1.54, 1.807) is 0 Å². The Kier molecular flexibility index (Phi) is 7.80. The number of ether oxygens (including phenoxy) is 3. The Morgan fingerprint density at radius 2 is 1.64 bits per heavy atom. The first-order valence-electron chi connectivity index (χ1n) is 9.88. The van der Waals surface area contributed by atoms with Crippen LogP contribution in [0.1, 0.15) is 25.0 Å². The molecule has 150 valence electrons. The van der Waals surface area contributed by atoms with Gasteiger partial charge in [-0.05, 0) is 23.6 Å². The third-order valence-corrected chi connectivity index (χ3v) is 5.13. The molecule has 0 saturated carbocycles. The quantitative estimate of drug-likeness (QED) is 0.551. The van der Waals surface area contributed by atoms with Crippen LogP contribution in [0.2, 0.25) is 0 Å². The van der Waals surface area contributed by atoms with E-state index in [0.29, 0.717) is 26.4 Å². The van der Waals surface area contributed by atoms with Gasteiger partial charge in [-0.3, -0.25) is 0 Å². The van der Waals surface area contributed by atoms with Crippen LogP contribution in [0.25, 0.3) is 0 Å². The first kappa shape index (κ1) is 20.7. The maximum Gasteiger partial charge on any atom is 0.114 e. The summed E-state index contributed by atoms with van der Waals surface area (Å²) in [7, 11) is 0. The molecule has 2 aromatic carbocycles. The highest BCUT2D eigenvalue weighted by atomic mass is 16.6. The molecule has 1 heterocycles. The summed E-state index contributed by atoms with van der Waals surface area (Å²) in [5.74, 6) is 0.0409. The molecule has 0 aromatic heterocycles. The summed E-state index contributed by atoms with van der Waals surface area (Å²) in [4.78, 5) is 0. The maximum absolute atomic E-state index is 10.7. The van der Waals surface area contributed by atoms with Crippen LogP contribution in [0.5, 0.6) is 0 Å². The van der Waals surface area contributed by atoms with E-state index in [1.165, 1.54) is 0 Å². The molecule has 0 aliphatic carbocycles. The van der Waals surface area contributed by atoms with Crippen molar-refractivity contribution in [1.29, 1.82) is 0 Å². The zero-order chi connectivity index (χ0) is 19.8. The lowest BCUT2D eigenvalue weighted by molar-refractivity contribution is -0.174. The molecule has 4 atom stereocenters. The molecule has 2 aromatic rings. The van der Waals surface area contributed by atoms with Gasteiger partial charge in [-0.15, -0.1) is 0 Å². The molecule has 1 aliphatic heterocycles. The first-order chi connectivity index (χ1) is 13.6. The average Bonchev–Trinajstić information content (AvgIpc) is 2.73. The zero-order valence-electron chi connectivity index (χ0n) is 16.7. The van der Waals surface area contributed by atoms with Gasteiger partial charge in [0.25, 0.3) is 0 Å². The Hall–Kier alpha value is -1.98. The predicted octanol–water partition coefficient (Wildman–Crippen LogP) is 4.13. The number of rotatable bonds is 8. The van der Waals surface area contributed by atoms with Gasteiger partial charge in [0.05, 0.1) is 32.5 Å². The standard InChI is InChI=1S/C24H30O4/c1-18(13-14-26-16-20-9-5-3-6-10-20)23-24(22(25)19(2)15-27-23)28-17-21-11-7-4-8-12-21/h3-13,19,22-25H,14-17H2,1-2H3/b18-13+/t19-,22-,23-,24+/m0/s1. The lowest BCUT2D eigenvalue weighted by Gasteiger charge is -2.39. The Morgan fingerprint density at radius 3 is 2.29 bits per heavy atom.